The van der Waals surface area contributed by atoms with Crippen LogP contribution in [0.4, 0.5) is 4.79 Å². The quantitative estimate of drug-likeness (QED) is 0.517. The second kappa shape index (κ2) is 7.00. The fraction of sp³-hybridized carbons (Fsp3) is 0.600. The van der Waals surface area contributed by atoms with Crippen molar-refractivity contribution in [1.82, 2.24) is 9.80 Å². The molecule has 6 heteroatoms. The summed E-state index contributed by atoms with van der Waals surface area (Å²) in [7, 11) is 1.70. The standard InChI is InChI=1S/C20H28N2O4/c1-5-6-8-15(2)20(25-11-12-26-20)14-22-17(23)19(3,21(4)18(22)24)13-16-9-7-10-16/h5-6,8,16H,1-2,7,9-14H2,3-4H3/b8-6-. The van der Waals surface area contributed by atoms with Gasteiger partial charge < -0.3 is 14.4 Å². The van der Waals surface area contributed by atoms with Gasteiger partial charge in [-0.3, -0.25) is 9.69 Å². The molecule has 2 aliphatic heterocycles. The zero-order valence-electron chi connectivity index (χ0n) is 15.7. The Hall–Kier alpha value is -1.92. The summed E-state index contributed by atoms with van der Waals surface area (Å²) in [4.78, 5) is 28.8. The van der Waals surface area contributed by atoms with E-state index >= 15 is 0 Å². The number of carbonyl (C=O) groups excluding carboxylic acids is 2. The van der Waals surface area contributed by atoms with Crippen molar-refractivity contribution >= 4 is 11.9 Å². The van der Waals surface area contributed by atoms with E-state index in [1.54, 1.807) is 30.2 Å². The van der Waals surface area contributed by atoms with Crippen molar-refractivity contribution in [3.05, 3.63) is 37.0 Å². The molecule has 6 nitrogen and oxygen atoms in total. The summed E-state index contributed by atoms with van der Waals surface area (Å²) in [6.07, 6.45) is 9.27. The Kier molecular flexibility index (Phi) is 5.08. The van der Waals surface area contributed by atoms with Crippen LogP contribution in [0.25, 0.3) is 0 Å². The van der Waals surface area contributed by atoms with Crippen LogP contribution in [-0.2, 0) is 14.3 Å². The number of urea groups is 1. The topological polar surface area (TPSA) is 59.1 Å². The summed E-state index contributed by atoms with van der Waals surface area (Å²) in [5.74, 6) is -0.860. The highest BCUT2D eigenvalue weighted by molar-refractivity contribution is 6.06. The zero-order valence-corrected chi connectivity index (χ0v) is 15.7. The van der Waals surface area contributed by atoms with E-state index in [4.69, 9.17) is 9.47 Å². The van der Waals surface area contributed by atoms with E-state index in [1.807, 2.05) is 6.92 Å². The highest BCUT2D eigenvalue weighted by Gasteiger charge is 2.56. The molecule has 0 bridgehead atoms. The predicted octanol–water partition coefficient (Wildman–Crippen LogP) is 2.87. The molecular formula is C20H28N2O4. The lowest BCUT2D eigenvalue weighted by molar-refractivity contribution is -0.150. The first kappa shape index (κ1) is 18.9. The molecule has 0 aromatic heterocycles. The van der Waals surface area contributed by atoms with Crippen LogP contribution in [0.5, 0.6) is 0 Å². The summed E-state index contributed by atoms with van der Waals surface area (Å²) in [5, 5.41) is 0. The number of amides is 3. The van der Waals surface area contributed by atoms with E-state index in [-0.39, 0.29) is 18.5 Å². The SMILES string of the molecule is C=C/C=C\C(=C)C1(CN2C(=O)N(C)C(C)(CC3CCC3)C2=O)OCCO1. The summed E-state index contributed by atoms with van der Waals surface area (Å²) >= 11 is 0. The van der Waals surface area contributed by atoms with Crippen LogP contribution in [0.2, 0.25) is 0 Å². The van der Waals surface area contributed by atoms with E-state index in [2.05, 4.69) is 13.2 Å². The van der Waals surface area contributed by atoms with E-state index in [1.165, 1.54) is 11.3 Å². The van der Waals surface area contributed by atoms with Gasteiger partial charge >= 0.3 is 6.03 Å². The first-order valence-electron chi connectivity index (χ1n) is 9.20. The van der Waals surface area contributed by atoms with Crippen LogP contribution in [0.3, 0.4) is 0 Å². The van der Waals surface area contributed by atoms with Crippen molar-refractivity contribution in [2.24, 2.45) is 5.92 Å². The van der Waals surface area contributed by atoms with Gasteiger partial charge in [0.05, 0.1) is 19.8 Å². The molecule has 3 fully saturated rings. The van der Waals surface area contributed by atoms with Gasteiger partial charge in [-0.1, -0.05) is 50.6 Å². The highest BCUT2D eigenvalue weighted by Crippen LogP contribution is 2.41. The molecule has 1 unspecified atom stereocenters. The molecule has 2 heterocycles. The van der Waals surface area contributed by atoms with E-state index < -0.39 is 11.3 Å². The smallest absolute Gasteiger partial charge is 0.327 e. The van der Waals surface area contributed by atoms with Crippen molar-refractivity contribution in [3.8, 4) is 0 Å². The Bertz CT molecular complexity index is 646. The number of rotatable bonds is 7. The minimum atomic E-state index is -1.19. The molecule has 2 saturated heterocycles. The molecule has 0 radical (unpaired) electrons. The normalized spacial score (nSPS) is 28.8. The van der Waals surface area contributed by atoms with Crippen molar-refractivity contribution < 1.29 is 19.1 Å². The van der Waals surface area contributed by atoms with Crippen molar-refractivity contribution in [1.29, 1.82) is 0 Å². The van der Waals surface area contributed by atoms with Gasteiger partial charge in [0.25, 0.3) is 5.91 Å². The maximum atomic E-state index is 13.2. The van der Waals surface area contributed by atoms with Gasteiger partial charge in [0, 0.05) is 12.6 Å². The summed E-state index contributed by atoms with van der Waals surface area (Å²) in [6, 6.07) is -0.309. The Morgan fingerprint density at radius 3 is 2.50 bits per heavy atom. The molecule has 0 spiro atoms. The monoisotopic (exact) mass is 360 g/mol. The molecule has 0 aromatic rings. The van der Waals surface area contributed by atoms with Crippen LogP contribution in [0.1, 0.15) is 32.6 Å². The molecule has 1 atom stereocenters. The lowest BCUT2D eigenvalue weighted by atomic mass is 9.76. The maximum absolute atomic E-state index is 13.2. The van der Waals surface area contributed by atoms with Crippen molar-refractivity contribution in [2.45, 2.75) is 43.9 Å². The minimum Gasteiger partial charge on any atom is -0.342 e. The molecule has 1 aliphatic carbocycles. The summed E-state index contributed by atoms with van der Waals surface area (Å²) < 4.78 is 11.6. The molecule has 0 N–H and O–H groups in total. The summed E-state index contributed by atoms with van der Waals surface area (Å²) in [5.41, 5.74) is -0.244. The third kappa shape index (κ3) is 3.01. The number of allylic oxidation sites excluding steroid dienone is 2. The third-order valence-electron chi connectivity index (χ3n) is 5.92. The zero-order chi connectivity index (χ0) is 18.9. The number of nitrogens with zero attached hydrogens (tertiary/aromatic N) is 2. The molecule has 3 rings (SSSR count). The number of hydrogen-bond acceptors (Lipinski definition) is 4. The van der Waals surface area contributed by atoms with Gasteiger partial charge in [0.2, 0.25) is 5.79 Å². The lowest BCUT2D eigenvalue weighted by Crippen LogP contribution is -2.49. The van der Waals surface area contributed by atoms with Gasteiger partial charge in [-0.2, -0.15) is 0 Å². The number of carbonyl (C=O) groups is 2. The van der Waals surface area contributed by atoms with Gasteiger partial charge in [-0.25, -0.2) is 4.79 Å². The fourth-order valence-electron chi connectivity index (χ4n) is 3.89. The van der Waals surface area contributed by atoms with E-state index in [9.17, 15) is 9.59 Å². The third-order valence-corrected chi connectivity index (χ3v) is 5.92. The van der Waals surface area contributed by atoms with Crippen LogP contribution >= 0.6 is 0 Å². The summed E-state index contributed by atoms with van der Waals surface area (Å²) in [6.45, 7) is 10.3. The minimum absolute atomic E-state index is 0.00950. The fourth-order valence-corrected chi connectivity index (χ4v) is 3.89. The second-order valence-corrected chi connectivity index (χ2v) is 7.58. The lowest BCUT2D eigenvalue weighted by Gasteiger charge is -2.36. The molecular weight excluding hydrogens is 332 g/mol. The molecule has 142 valence electrons. The van der Waals surface area contributed by atoms with Gasteiger partial charge in [-0.05, 0) is 19.3 Å². The highest BCUT2D eigenvalue weighted by atomic mass is 16.7. The second-order valence-electron chi connectivity index (χ2n) is 7.58. The number of hydrogen-bond donors (Lipinski definition) is 0. The van der Waals surface area contributed by atoms with Crippen LogP contribution in [-0.4, -0.2) is 59.9 Å². The Morgan fingerprint density at radius 2 is 1.96 bits per heavy atom. The van der Waals surface area contributed by atoms with Crippen LogP contribution in [0.15, 0.2) is 37.0 Å². The maximum Gasteiger partial charge on any atom is 0.327 e. The number of likely N-dealkylation sites (N-methyl/N-ethyl adjacent to an activating group) is 1. The number of imide groups is 1. The molecule has 0 aromatic carbocycles. The molecule has 3 amide bonds. The van der Waals surface area contributed by atoms with Gasteiger partial charge in [0.15, 0.2) is 0 Å². The Morgan fingerprint density at radius 1 is 1.31 bits per heavy atom. The first-order valence-corrected chi connectivity index (χ1v) is 9.20. The van der Waals surface area contributed by atoms with Gasteiger partial charge in [-0.15, -0.1) is 0 Å². The molecule has 3 aliphatic rings. The van der Waals surface area contributed by atoms with Gasteiger partial charge in [0.1, 0.15) is 5.54 Å². The van der Waals surface area contributed by atoms with Crippen molar-refractivity contribution in [3.63, 3.8) is 0 Å². The molecule has 26 heavy (non-hydrogen) atoms. The molecule has 1 saturated carbocycles. The van der Waals surface area contributed by atoms with Crippen molar-refractivity contribution in [2.75, 3.05) is 26.8 Å². The number of ether oxygens (including phenoxy) is 2. The van der Waals surface area contributed by atoms with E-state index in [0.29, 0.717) is 31.1 Å². The average molecular weight is 360 g/mol. The van der Waals surface area contributed by atoms with Crippen LogP contribution < -0.4 is 0 Å². The largest absolute Gasteiger partial charge is 0.342 e. The average Bonchev–Trinajstić information content (AvgIpc) is 3.13. The Balaban J connectivity index is 1.82. The predicted molar refractivity (Wildman–Crippen MR) is 98.3 cm³/mol. The Labute approximate surface area is 155 Å². The first-order chi connectivity index (χ1) is 12.3. The van der Waals surface area contributed by atoms with E-state index in [0.717, 1.165) is 12.8 Å². The van der Waals surface area contributed by atoms with Crippen LogP contribution in [0, 0.1) is 5.92 Å².